The first-order valence-electron chi connectivity index (χ1n) is 3.46. The van der Waals surface area contributed by atoms with E-state index >= 15 is 0 Å². The van der Waals surface area contributed by atoms with Gasteiger partial charge in [-0.1, -0.05) is 11.6 Å². The molecule has 0 saturated carbocycles. The molecular formula is C8H10Cl2FNO. The molecule has 5 heteroatoms. The van der Waals surface area contributed by atoms with Crippen LogP contribution in [-0.2, 0) is 0 Å². The third kappa shape index (κ3) is 3.12. The zero-order valence-electron chi connectivity index (χ0n) is 6.71. The molecule has 0 fully saturated rings. The molecule has 74 valence electrons. The maximum absolute atomic E-state index is 12.6. The maximum Gasteiger partial charge on any atom is 0.123 e. The fourth-order valence-corrected chi connectivity index (χ4v) is 1.15. The van der Waals surface area contributed by atoms with Crippen LogP contribution in [-0.4, -0.2) is 11.7 Å². The van der Waals surface area contributed by atoms with Gasteiger partial charge in [0.2, 0.25) is 0 Å². The first-order chi connectivity index (χ1) is 5.65. The molecule has 0 spiro atoms. The largest absolute Gasteiger partial charge is 0.394 e. The van der Waals surface area contributed by atoms with Crippen LogP contribution in [0.5, 0.6) is 0 Å². The Balaban J connectivity index is 0.00000144. The highest BCUT2D eigenvalue weighted by atomic mass is 35.5. The van der Waals surface area contributed by atoms with Gasteiger partial charge in [0, 0.05) is 5.02 Å². The van der Waals surface area contributed by atoms with Crippen LogP contribution in [0.4, 0.5) is 4.39 Å². The second-order valence-electron chi connectivity index (χ2n) is 2.45. The Bertz CT molecular complexity index is 283. The fraction of sp³-hybridized carbons (Fsp3) is 0.250. The van der Waals surface area contributed by atoms with Gasteiger partial charge in [0.25, 0.3) is 0 Å². The number of hydrogen-bond acceptors (Lipinski definition) is 2. The van der Waals surface area contributed by atoms with Crippen molar-refractivity contribution in [3.05, 3.63) is 34.6 Å². The molecule has 1 aromatic carbocycles. The first-order valence-corrected chi connectivity index (χ1v) is 3.84. The van der Waals surface area contributed by atoms with Crippen LogP contribution in [0.1, 0.15) is 11.6 Å². The summed E-state index contributed by atoms with van der Waals surface area (Å²) in [5.41, 5.74) is 5.89. The zero-order chi connectivity index (χ0) is 9.14. The van der Waals surface area contributed by atoms with E-state index in [0.29, 0.717) is 10.6 Å². The van der Waals surface area contributed by atoms with Crippen LogP contribution in [0.2, 0.25) is 5.02 Å². The van der Waals surface area contributed by atoms with Gasteiger partial charge in [-0.25, -0.2) is 4.39 Å². The summed E-state index contributed by atoms with van der Waals surface area (Å²) in [6.45, 7) is -0.247. The van der Waals surface area contributed by atoms with Crippen molar-refractivity contribution in [1.82, 2.24) is 0 Å². The molecule has 0 saturated heterocycles. The average Bonchev–Trinajstić information content (AvgIpc) is 2.08. The van der Waals surface area contributed by atoms with Crippen molar-refractivity contribution in [1.29, 1.82) is 0 Å². The molecule has 0 radical (unpaired) electrons. The Hall–Kier alpha value is -0.350. The van der Waals surface area contributed by atoms with Crippen molar-refractivity contribution < 1.29 is 9.50 Å². The van der Waals surface area contributed by atoms with Crippen molar-refractivity contribution in [3.8, 4) is 0 Å². The molecule has 0 aliphatic carbocycles. The van der Waals surface area contributed by atoms with E-state index in [1.165, 1.54) is 18.2 Å². The molecule has 2 nitrogen and oxygen atoms in total. The van der Waals surface area contributed by atoms with Crippen LogP contribution in [0, 0.1) is 5.82 Å². The number of rotatable bonds is 2. The predicted molar refractivity (Wildman–Crippen MR) is 52.7 cm³/mol. The normalized spacial score (nSPS) is 12.0. The molecular weight excluding hydrogens is 216 g/mol. The molecule has 0 bridgehead atoms. The Morgan fingerprint density at radius 1 is 1.54 bits per heavy atom. The topological polar surface area (TPSA) is 46.2 Å². The lowest BCUT2D eigenvalue weighted by molar-refractivity contribution is 0.268. The van der Waals surface area contributed by atoms with Crippen LogP contribution in [0.15, 0.2) is 18.2 Å². The van der Waals surface area contributed by atoms with Gasteiger partial charge in [0.1, 0.15) is 5.82 Å². The minimum Gasteiger partial charge on any atom is -0.394 e. The third-order valence-corrected chi connectivity index (χ3v) is 1.90. The summed E-state index contributed by atoms with van der Waals surface area (Å²) in [6.07, 6.45) is 0. The molecule has 0 heterocycles. The van der Waals surface area contributed by atoms with Crippen LogP contribution in [0.25, 0.3) is 0 Å². The number of hydrogen-bond donors (Lipinski definition) is 2. The summed E-state index contributed by atoms with van der Waals surface area (Å²) >= 11 is 5.71. The van der Waals surface area contributed by atoms with Gasteiger partial charge in [-0.15, -0.1) is 12.4 Å². The van der Waals surface area contributed by atoms with Gasteiger partial charge in [0.15, 0.2) is 0 Å². The zero-order valence-corrected chi connectivity index (χ0v) is 8.28. The Morgan fingerprint density at radius 3 is 2.69 bits per heavy atom. The summed E-state index contributed by atoms with van der Waals surface area (Å²) in [4.78, 5) is 0. The minimum absolute atomic E-state index is 0. The minimum atomic E-state index is -0.617. The second-order valence-corrected chi connectivity index (χ2v) is 2.86. The van der Waals surface area contributed by atoms with Gasteiger partial charge in [-0.05, 0) is 23.8 Å². The number of benzene rings is 1. The van der Waals surface area contributed by atoms with E-state index in [4.69, 9.17) is 22.4 Å². The van der Waals surface area contributed by atoms with E-state index in [9.17, 15) is 4.39 Å². The highest BCUT2D eigenvalue weighted by molar-refractivity contribution is 6.31. The molecule has 1 rings (SSSR count). The standard InChI is InChI=1S/C8H9ClFNO.ClH/c9-7-2-1-5(10)3-6(7)8(11)4-12;/h1-3,8,12H,4,11H2;1H/t8-;/m1./s1. The van der Waals surface area contributed by atoms with Crippen molar-refractivity contribution in [2.75, 3.05) is 6.61 Å². The van der Waals surface area contributed by atoms with Gasteiger partial charge in [-0.2, -0.15) is 0 Å². The Labute approximate surface area is 86.9 Å². The van der Waals surface area contributed by atoms with E-state index in [1.54, 1.807) is 0 Å². The molecule has 3 N–H and O–H groups in total. The fourth-order valence-electron chi connectivity index (χ4n) is 0.897. The highest BCUT2D eigenvalue weighted by Gasteiger charge is 2.09. The average molecular weight is 226 g/mol. The van der Waals surface area contributed by atoms with E-state index in [-0.39, 0.29) is 19.0 Å². The molecule has 13 heavy (non-hydrogen) atoms. The smallest absolute Gasteiger partial charge is 0.123 e. The number of aliphatic hydroxyl groups excluding tert-OH is 1. The summed E-state index contributed by atoms with van der Waals surface area (Å²) in [5, 5.41) is 9.07. The highest BCUT2D eigenvalue weighted by Crippen LogP contribution is 2.21. The molecule has 0 aromatic heterocycles. The summed E-state index contributed by atoms with van der Waals surface area (Å²) in [6, 6.07) is 3.27. The summed E-state index contributed by atoms with van der Waals surface area (Å²) in [5.74, 6) is -0.404. The number of halogens is 3. The van der Waals surface area contributed by atoms with Crippen LogP contribution in [0.3, 0.4) is 0 Å². The van der Waals surface area contributed by atoms with E-state index in [2.05, 4.69) is 0 Å². The number of nitrogens with two attached hydrogens (primary N) is 1. The third-order valence-electron chi connectivity index (χ3n) is 1.55. The first kappa shape index (κ1) is 12.7. The van der Waals surface area contributed by atoms with Crippen LogP contribution < -0.4 is 5.73 Å². The van der Waals surface area contributed by atoms with Crippen molar-refractivity contribution in [2.45, 2.75) is 6.04 Å². The van der Waals surface area contributed by atoms with Gasteiger partial charge < -0.3 is 10.8 Å². The Kier molecular flexibility index (Phi) is 5.25. The lowest BCUT2D eigenvalue weighted by Gasteiger charge is -2.09. The van der Waals surface area contributed by atoms with Gasteiger partial charge in [0.05, 0.1) is 12.6 Å². The lowest BCUT2D eigenvalue weighted by Crippen LogP contribution is -2.15. The van der Waals surface area contributed by atoms with Crippen molar-refractivity contribution in [3.63, 3.8) is 0 Å². The van der Waals surface area contributed by atoms with Gasteiger partial charge in [-0.3, -0.25) is 0 Å². The van der Waals surface area contributed by atoms with Crippen molar-refractivity contribution in [2.24, 2.45) is 5.73 Å². The molecule has 1 aromatic rings. The SMILES string of the molecule is Cl.N[C@H](CO)c1cc(F)ccc1Cl. The van der Waals surface area contributed by atoms with Crippen molar-refractivity contribution >= 4 is 24.0 Å². The predicted octanol–water partition coefficient (Wildman–Crippen LogP) is 1.89. The molecule has 0 amide bonds. The van der Waals surface area contributed by atoms with Gasteiger partial charge >= 0.3 is 0 Å². The second kappa shape index (κ2) is 5.40. The monoisotopic (exact) mass is 225 g/mol. The van der Waals surface area contributed by atoms with E-state index in [1.807, 2.05) is 0 Å². The van der Waals surface area contributed by atoms with E-state index in [0.717, 1.165) is 0 Å². The molecule has 0 unspecified atom stereocenters. The maximum atomic E-state index is 12.6. The lowest BCUT2D eigenvalue weighted by atomic mass is 10.1. The quantitative estimate of drug-likeness (QED) is 0.808. The number of aliphatic hydroxyl groups is 1. The molecule has 0 aliphatic rings. The van der Waals surface area contributed by atoms with E-state index < -0.39 is 11.9 Å². The van der Waals surface area contributed by atoms with Crippen LogP contribution >= 0.6 is 24.0 Å². The molecule has 1 atom stereocenters. The summed E-state index contributed by atoms with van der Waals surface area (Å²) in [7, 11) is 0. The summed E-state index contributed by atoms with van der Waals surface area (Å²) < 4.78 is 12.6. The molecule has 0 aliphatic heterocycles. The Morgan fingerprint density at radius 2 is 2.15 bits per heavy atom.